The van der Waals surface area contributed by atoms with Crippen LogP contribution in [-0.4, -0.2) is 44.3 Å². The van der Waals surface area contributed by atoms with Crippen molar-refractivity contribution in [3.8, 4) is 11.5 Å². The van der Waals surface area contributed by atoms with Crippen molar-refractivity contribution in [1.29, 1.82) is 0 Å². The fourth-order valence-electron chi connectivity index (χ4n) is 3.04. The Hall–Kier alpha value is -2.63. The van der Waals surface area contributed by atoms with Crippen LogP contribution in [0.3, 0.4) is 0 Å². The molecule has 0 aromatic heterocycles. The van der Waals surface area contributed by atoms with Crippen LogP contribution in [0.2, 0.25) is 0 Å². The Morgan fingerprint density at radius 1 is 1.19 bits per heavy atom. The first-order chi connectivity index (χ1) is 12.7. The SMILES string of the molecule is COc1ccc(/C=C/C(=O)c2ccc(O)cc2)cc1C[NH+]1CCOCC1. The molecule has 1 aliphatic rings. The molecule has 0 radical (unpaired) electrons. The highest BCUT2D eigenvalue weighted by Crippen LogP contribution is 2.20. The summed E-state index contributed by atoms with van der Waals surface area (Å²) in [6.07, 6.45) is 3.37. The zero-order chi connectivity index (χ0) is 18.4. The zero-order valence-corrected chi connectivity index (χ0v) is 14.9. The van der Waals surface area contributed by atoms with E-state index in [4.69, 9.17) is 9.47 Å². The van der Waals surface area contributed by atoms with Gasteiger partial charge in [-0.15, -0.1) is 0 Å². The molecule has 1 aliphatic heterocycles. The van der Waals surface area contributed by atoms with Crippen LogP contribution in [0, 0.1) is 0 Å². The average molecular weight is 354 g/mol. The number of phenolic OH excluding ortho intramolecular Hbond substituents is 1. The summed E-state index contributed by atoms with van der Waals surface area (Å²) in [5.41, 5.74) is 2.63. The summed E-state index contributed by atoms with van der Waals surface area (Å²) in [6.45, 7) is 4.43. The molecule has 0 amide bonds. The van der Waals surface area contributed by atoms with E-state index >= 15 is 0 Å². The molecular weight excluding hydrogens is 330 g/mol. The van der Waals surface area contributed by atoms with Gasteiger partial charge in [0.1, 0.15) is 31.1 Å². The number of allylic oxidation sites excluding steroid dienone is 1. The van der Waals surface area contributed by atoms with Crippen LogP contribution in [0.1, 0.15) is 21.5 Å². The Morgan fingerprint density at radius 3 is 2.62 bits per heavy atom. The van der Waals surface area contributed by atoms with Crippen molar-refractivity contribution in [2.45, 2.75) is 6.54 Å². The third kappa shape index (κ3) is 4.71. The van der Waals surface area contributed by atoms with Crippen LogP contribution in [0.5, 0.6) is 11.5 Å². The summed E-state index contributed by atoms with van der Waals surface area (Å²) in [7, 11) is 1.68. The number of aromatic hydroxyl groups is 1. The summed E-state index contributed by atoms with van der Waals surface area (Å²) >= 11 is 0. The van der Waals surface area contributed by atoms with Gasteiger partial charge in [0, 0.05) is 11.1 Å². The molecule has 136 valence electrons. The smallest absolute Gasteiger partial charge is 0.185 e. The number of benzene rings is 2. The van der Waals surface area contributed by atoms with Crippen molar-refractivity contribution in [3.05, 3.63) is 65.2 Å². The van der Waals surface area contributed by atoms with Crippen LogP contribution in [0.25, 0.3) is 6.08 Å². The third-order valence-electron chi connectivity index (χ3n) is 4.52. The van der Waals surface area contributed by atoms with Crippen LogP contribution in [0.15, 0.2) is 48.5 Å². The highest BCUT2D eigenvalue weighted by Gasteiger charge is 2.16. The van der Waals surface area contributed by atoms with E-state index < -0.39 is 0 Å². The van der Waals surface area contributed by atoms with E-state index in [1.54, 1.807) is 25.3 Å². The number of hydrogen-bond donors (Lipinski definition) is 2. The summed E-state index contributed by atoms with van der Waals surface area (Å²) in [6, 6.07) is 12.2. The van der Waals surface area contributed by atoms with Crippen LogP contribution in [0.4, 0.5) is 0 Å². The van der Waals surface area contributed by atoms with Crippen molar-refractivity contribution in [1.82, 2.24) is 0 Å². The van der Waals surface area contributed by atoms with Gasteiger partial charge in [-0.25, -0.2) is 0 Å². The second-order valence-corrected chi connectivity index (χ2v) is 6.35. The van der Waals surface area contributed by atoms with E-state index in [1.165, 1.54) is 17.0 Å². The lowest BCUT2D eigenvalue weighted by atomic mass is 10.1. The summed E-state index contributed by atoms with van der Waals surface area (Å²) < 4.78 is 10.9. The molecule has 0 unspecified atom stereocenters. The molecule has 0 aliphatic carbocycles. The second-order valence-electron chi connectivity index (χ2n) is 6.35. The molecule has 3 rings (SSSR count). The Balaban J connectivity index is 1.73. The maximum Gasteiger partial charge on any atom is 0.185 e. The fourth-order valence-corrected chi connectivity index (χ4v) is 3.04. The highest BCUT2D eigenvalue weighted by atomic mass is 16.5. The number of rotatable bonds is 6. The molecule has 1 fully saturated rings. The number of carbonyl (C=O) groups is 1. The van der Waals surface area contributed by atoms with Gasteiger partial charge in [0.2, 0.25) is 0 Å². The Kier molecular flexibility index (Phi) is 6.04. The molecule has 2 N–H and O–H groups in total. The number of carbonyl (C=O) groups excluding carboxylic acids is 1. The first kappa shape index (κ1) is 18.2. The van der Waals surface area contributed by atoms with Crippen LogP contribution < -0.4 is 9.64 Å². The third-order valence-corrected chi connectivity index (χ3v) is 4.52. The number of phenols is 1. The van der Waals surface area contributed by atoms with E-state index in [-0.39, 0.29) is 11.5 Å². The van der Waals surface area contributed by atoms with Gasteiger partial charge in [-0.3, -0.25) is 4.79 Å². The zero-order valence-electron chi connectivity index (χ0n) is 14.9. The largest absolute Gasteiger partial charge is 0.508 e. The maximum absolute atomic E-state index is 12.2. The van der Waals surface area contributed by atoms with Crippen molar-refractivity contribution < 1.29 is 24.3 Å². The molecule has 2 aromatic carbocycles. The molecule has 0 bridgehead atoms. The Morgan fingerprint density at radius 2 is 1.92 bits per heavy atom. The quantitative estimate of drug-likeness (QED) is 0.613. The topological polar surface area (TPSA) is 60.2 Å². The lowest BCUT2D eigenvalue weighted by Gasteiger charge is -2.24. The molecule has 0 saturated carbocycles. The molecule has 26 heavy (non-hydrogen) atoms. The van der Waals surface area contributed by atoms with E-state index in [1.807, 2.05) is 18.2 Å². The van der Waals surface area contributed by atoms with Gasteiger partial charge in [-0.1, -0.05) is 12.1 Å². The van der Waals surface area contributed by atoms with Crippen molar-refractivity contribution in [2.24, 2.45) is 0 Å². The van der Waals surface area contributed by atoms with E-state index in [0.717, 1.165) is 49.7 Å². The minimum Gasteiger partial charge on any atom is -0.508 e. The molecule has 5 heteroatoms. The number of nitrogens with one attached hydrogen (secondary N) is 1. The maximum atomic E-state index is 12.2. The minimum atomic E-state index is -0.0961. The van der Waals surface area contributed by atoms with Crippen LogP contribution in [-0.2, 0) is 11.3 Å². The fraction of sp³-hybridized carbons (Fsp3) is 0.286. The number of hydrogen-bond acceptors (Lipinski definition) is 4. The first-order valence-electron chi connectivity index (χ1n) is 8.75. The Bertz CT molecular complexity index is 777. The molecular formula is C21H24NO4+. The van der Waals surface area contributed by atoms with Gasteiger partial charge in [0.05, 0.1) is 20.3 Å². The number of methoxy groups -OCH3 is 1. The molecule has 0 spiro atoms. The van der Waals surface area contributed by atoms with Gasteiger partial charge < -0.3 is 19.5 Å². The molecule has 0 atom stereocenters. The van der Waals surface area contributed by atoms with Gasteiger partial charge in [0.25, 0.3) is 0 Å². The van der Waals surface area contributed by atoms with Gasteiger partial charge >= 0.3 is 0 Å². The monoisotopic (exact) mass is 354 g/mol. The van der Waals surface area contributed by atoms with E-state index in [2.05, 4.69) is 6.07 Å². The average Bonchev–Trinajstić information content (AvgIpc) is 2.67. The summed E-state index contributed by atoms with van der Waals surface area (Å²) in [5.74, 6) is 0.920. The molecule has 2 aromatic rings. The predicted octanol–water partition coefficient (Wildman–Crippen LogP) is 1.71. The normalized spacial score (nSPS) is 15.3. The number of ketones is 1. The number of ether oxygens (including phenoxy) is 2. The van der Waals surface area contributed by atoms with Crippen molar-refractivity contribution in [3.63, 3.8) is 0 Å². The predicted molar refractivity (Wildman–Crippen MR) is 99.7 cm³/mol. The summed E-state index contributed by atoms with van der Waals surface area (Å²) in [5, 5.41) is 9.31. The molecule has 1 heterocycles. The second kappa shape index (κ2) is 8.65. The number of quaternary nitrogens is 1. The van der Waals surface area contributed by atoms with Crippen LogP contribution >= 0.6 is 0 Å². The van der Waals surface area contributed by atoms with Gasteiger partial charge in [-0.2, -0.15) is 0 Å². The minimum absolute atomic E-state index is 0.0961. The standard InChI is InChI=1S/C21H23NO4/c1-25-21-9-3-16(14-18(21)15-22-10-12-26-13-11-22)2-8-20(24)17-4-6-19(23)7-5-17/h2-9,14,23H,10-13,15H2,1H3/p+1/b8-2+. The summed E-state index contributed by atoms with van der Waals surface area (Å²) in [4.78, 5) is 13.7. The number of morpholine rings is 1. The Labute approximate surface area is 153 Å². The van der Waals surface area contributed by atoms with E-state index in [0.29, 0.717) is 5.56 Å². The van der Waals surface area contributed by atoms with E-state index in [9.17, 15) is 9.90 Å². The van der Waals surface area contributed by atoms with Gasteiger partial charge in [-0.05, 0) is 48.0 Å². The highest BCUT2D eigenvalue weighted by molar-refractivity contribution is 6.06. The molecule has 5 nitrogen and oxygen atoms in total. The lowest BCUT2D eigenvalue weighted by Crippen LogP contribution is -3.12. The van der Waals surface area contributed by atoms with Crippen molar-refractivity contribution >= 4 is 11.9 Å². The van der Waals surface area contributed by atoms with Crippen molar-refractivity contribution in [2.75, 3.05) is 33.4 Å². The van der Waals surface area contributed by atoms with Gasteiger partial charge in [0.15, 0.2) is 5.78 Å². The first-order valence-corrected chi connectivity index (χ1v) is 8.75. The molecule has 1 saturated heterocycles. The lowest BCUT2D eigenvalue weighted by molar-refractivity contribution is -0.921.